The number of aryl methyl sites for hydroxylation is 1. The Morgan fingerprint density at radius 2 is 2.21 bits per heavy atom. The molecular weight excluding hydrogens is 300 g/mol. The smallest absolute Gasteiger partial charge is 0.0510 e. The van der Waals surface area contributed by atoms with Gasteiger partial charge >= 0.3 is 0 Å². The Morgan fingerprint density at radius 3 is 2.84 bits per heavy atom. The first-order valence-corrected chi connectivity index (χ1v) is 8.15. The lowest BCUT2D eigenvalue weighted by atomic mass is 9.93. The lowest BCUT2D eigenvalue weighted by Gasteiger charge is -2.39. The molecule has 1 aromatic carbocycles. The molecule has 1 aliphatic rings. The van der Waals surface area contributed by atoms with Crippen molar-refractivity contribution in [2.45, 2.75) is 39.7 Å². The van der Waals surface area contributed by atoms with Crippen LogP contribution in [0.3, 0.4) is 0 Å². The second kappa shape index (κ2) is 6.76. The highest BCUT2D eigenvalue weighted by molar-refractivity contribution is 9.10. The average Bonchev–Trinajstić information content (AvgIpc) is 2.37. The van der Waals surface area contributed by atoms with E-state index in [-0.39, 0.29) is 0 Å². The highest BCUT2D eigenvalue weighted by Crippen LogP contribution is 2.30. The first-order chi connectivity index (χ1) is 9.11. The van der Waals surface area contributed by atoms with Gasteiger partial charge in [0.2, 0.25) is 0 Å². The summed E-state index contributed by atoms with van der Waals surface area (Å²) in [4.78, 5) is 2.51. The van der Waals surface area contributed by atoms with E-state index >= 15 is 0 Å². The predicted molar refractivity (Wildman–Crippen MR) is 87.0 cm³/mol. The van der Waals surface area contributed by atoms with Gasteiger partial charge < -0.3 is 10.2 Å². The standard InChI is InChI=1S/C16H25BrN2/c1-4-8-18-15-7-9-19(11-13(15)3)16-6-5-12(2)10-14(16)17/h5-6,10,13,15,18H,4,7-9,11H2,1-3H3. The summed E-state index contributed by atoms with van der Waals surface area (Å²) >= 11 is 3.70. The molecule has 2 atom stereocenters. The van der Waals surface area contributed by atoms with Gasteiger partial charge in [-0.15, -0.1) is 0 Å². The van der Waals surface area contributed by atoms with Crippen LogP contribution in [0, 0.1) is 12.8 Å². The van der Waals surface area contributed by atoms with E-state index in [1.165, 1.54) is 28.6 Å². The summed E-state index contributed by atoms with van der Waals surface area (Å²) in [6, 6.07) is 7.33. The number of nitrogens with zero attached hydrogens (tertiary/aromatic N) is 1. The fourth-order valence-electron chi connectivity index (χ4n) is 2.87. The van der Waals surface area contributed by atoms with Crippen molar-refractivity contribution in [3.8, 4) is 0 Å². The molecule has 3 heteroatoms. The zero-order valence-electron chi connectivity index (χ0n) is 12.2. The zero-order valence-corrected chi connectivity index (χ0v) is 13.8. The molecule has 0 spiro atoms. The highest BCUT2D eigenvalue weighted by atomic mass is 79.9. The first-order valence-electron chi connectivity index (χ1n) is 7.36. The molecule has 1 fully saturated rings. The third-order valence-electron chi connectivity index (χ3n) is 4.01. The van der Waals surface area contributed by atoms with Crippen LogP contribution < -0.4 is 10.2 Å². The Hall–Kier alpha value is -0.540. The molecule has 0 amide bonds. The van der Waals surface area contributed by atoms with Gasteiger partial charge in [-0.1, -0.05) is 19.9 Å². The number of hydrogen-bond acceptors (Lipinski definition) is 2. The van der Waals surface area contributed by atoms with E-state index in [1.54, 1.807) is 0 Å². The van der Waals surface area contributed by atoms with E-state index in [9.17, 15) is 0 Å². The molecule has 2 rings (SSSR count). The zero-order chi connectivity index (χ0) is 13.8. The SMILES string of the molecule is CCCNC1CCN(c2ccc(C)cc2Br)CC1C. The van der Waals surface area contributed by atoms with Crippen LogP contribution in [-0.2, 0) is 0 Å². The maximum atomic E-state index is 3.70. The van der Waals surface area contributed by atoms with Crippen LogP contribution >= 0.6 is 15.9 Å². The number of nitrogens with one attached hydrogen (secondary N) is 1. The third kappa shape index (κ3) is 3.73. The highest BCUT2D eigenvalue weighted by Gasteiger charge is 2.26. The van der Waals surface area contributed by atoms with Crippen LogP contribution in [0.1, 0.15) is 32.3 Å². The van der Waals surface area contributed by atoms with Crippen molar-refractivity contribution < 1.29 is 0 Å². The van der Waals surface area contributed by atoms with Crippen LogP contribution in [0.4, 0.5) is 5.69 Å². The van der Waals surface area contributed by atoms with Crippen molar-refractivity contribution in [2.75, 3.05) is 24.5 Å². The van der Waals surface area contributed by atoms with Gasteiger partial charge in [0.25, 0.3) is 0 Å². The lowest BCUT2D eigenvalue weighted by molar-refractivity contribution is 0.322. The molecule has 106 valence electrons. The van der Waals surface area contributed by atoms with E-state index in [1.807, 2.05) is 0 Å². The topological polar surface area (TPSA) is 15.3 Å². The summed E-state index contributed by atoms with van der Waals surface area (Å²) in [6.07, 6.45) is 2.46. The molecule has 1 saturated heterocycles. The Morgan fingerprint density at radius 1 is 1.42 bits per heavy atom. The number of anilines is 1. The quantitative estimate of drug-likeness (QED) is 0.901. The molecule has 0 saturated carbocycles. The largest absolute Gasteiger partial charge is 0.370 e. The number of halogens is 1. The molecule has 2 nitrogen and oxygen atoms in total. The second-order valence-corrected chi connectivity index (χ2v) is 6.58. The van der Waals surface area contributed by atoms with Gasteiger partial charge in [-0.3, -0.25) is 0 Å². The number of rotatable bonds is 4. The van der Waals surface area contributed by atoms with Gasteiger partial charge in [0.05, 0.1) is 5.69 Å². The molecule has 0 aliphatic carbocycles. The van der Waals surface area contributed by atoms with E-state index in [4.69, 9.17) is 0 Å². The molecule has 1 heterocycles. The average molecular weight is 325 g/mol. The summed E-state index contributed by atoms with van der Waals surface area (Å²) in [5.41, 5.74) is 2.65. The van der Waals surface area contributed by atoms with Gasteiger partial charge in [-0.05, 0) is 65.9 Å². The molecule has 1 aromatic rings. The second-order valence-electron chi connectivity index (χ2n) is 5.73. The van der Waals surface area contributed by atoms with Crippen LogP contribution in [0.2, 0.25) is 0 Å². The van der Waals surface area contributed by atoms with E-state index in [0.717, 1.165) is 19.6 Å². The Kier molecular flexibility index (Phi) is 5.28. The Balaban J connectivity index is 2.01. The fourth-order valence-corrected chi connectivity index (χ4v) is 3.61. The summed E-state index contributed by atoms with van der Waals surface area (Å²) in [6.45, 7) is 10.2. The van der Waals surface area contributed by atoms with Crippen molar-refractivity contribution >= 4 is 21.6 Å². The minimum Gasteiger partial charge on any atom is -0.370 e. The van der Waals surface area contributed by atoms with Gasteiger partial charge in [0.15, 0.2) is 0 Å². The molecule has 0 radical (unpaired) electrons. The fraction of sp³-hybridized carbons (Fsp3) is 0.625. The molecule has 19 heavy (non-hydrogen) atoms. The van der Waals surface area contributed by atoms with Gasteiger partial charge in [-0.25, -0.2) is 0 Å². The van der Waals surface area contributed by atoms with Crippen molar-refractivity contribution in [1.82, 2.24) is 5.32 Å². The predicted octanol–water partition coefficient (Wildman–Crippen LogP) is 3.97. The number of benzene rings is 1. The third-order valence-corrected chi connectivity index (χ3v) is 4.64. The van der Waals surface area contributed by atoms with Gasteiger partial charge in [-0.2, -0.15) is 0 Å². The Bertz CT molecular complexity index is 419. The number of piperidine rings is 1. The minimum absolute atomic E-state index is 0.681. The normalized spacial score (nSPS) is 23.7. The maximum absolute atomic E-state index is 3.70. The van der Waals surface area contributed by atoms with Crippen molar-refractivity contribution in [1.29, 1.82) is 0 Å². The van der Waals surface area contributed by atoms with Crippen molar-refractivity contribution in [3.63, 3.8) is 0 Å². The summed E-state index contributed by atoms with van der Waals surface area (Å²) < 4.78 is 1.22. The summed E-state index contributed by atoms with van der Waals surface area (Å²) in [5.74, 6) is 0.702. The van der Waals surface area contributed by atoms with Crippen LogP contribution in [0.15, 0.2) is 22.7 Å². The molecule has 0 bridgehead atoms. The van der Waals surface area contributed by atoms with E-state index in [2.05, 4.69) is 65.1 Å². The van der Waals surface area contributed by atoms with Gasteiger partial charge in [0.1, 0.15) is 0 Å². The maximum Gasteiger partial charge on any atom is 0.0510 e. The van der Waals surface area contributed by atoms with Crippen molar-refractivity contribution in [3.05, 3.63) is 28.2 Å². The van der Waals surface area contributed by atoms with E-state index in [0.29, 0.717) is 12.0 Å². The van der Waals surface area contributed by atoms with Crippen molar-refractivity contribution in [2.24, 2.45) is 5.92 Å². The molecule has 2 unspecified atom stereocenters. The Labute approximate surface area is 125 Å². The van der Waals surface area contributed by atoms with Crippen LogP contribution in [0.25, 0.3) is 0 Å². The summed E-state index contributed by atoms with van der Waals surface area (Å²) in [5, 5.41) is 3.68. The molecule has 1 N–H and O–H groups in total. The first kappa shape index (κ1) is 14.9. The van der Waals surface area contributed by atoms with Crippen LogP contribution in [0.5, 0.6) is 0 Å². The van der Waals surface area contributed by atoms with Crippen LogP contribution in [-0.4, -0.2) is 25.7 Å². The van der Waals surface area contributed by atoms with Gasteiger partial charge in [0, 0.05) is 23.6 Å². The molecular formula is C16H25BrN2. The van der Waals surface area contributed by atoms with E-state index < -0.39 is 0 Å². The monoisotopic (exact) mass is 324 g/mol. The molecule has 0 aromatic heterocycles. The molecule has 1 aliphatic heterocycles. The minimum atomic E-state index is 0.681. The summed E-state index contributed by atoms with van der Waals surface area (Å²) in [7, 11) is 0. The number of hydrogen-bond donors (Lipinski definition) is 1. The lowest BCUT2D eigenvalue weighted by Crippen LogP contribution is -2.48.